The van der Waals surface area contributed by atoms with Gasteiger partial charge in [-0.2, -0.15) is 5.10 Å². The predicted molar refractivity (Wildman–Crippen MR) is 137 cm³/mol. The highest BCUT2D eigenvalue weighted by atomic mass is 35.5. The minimum Gasteiger partial charge on any atom is -0.493 e. The molecule has 0 bridgehead atoms. The van der Waals surface area contributed by atoms with E-state index >= 15 is 0 Å². The summed E-state index contributed by atoms with van der Waals surface area (Å²) in [6.45, 7) is 2.83. The third-order valence-corrected chi connectivity index (χ3v) is 6.44. The number of nitrogens with one attached hydrogen (secondary N) is 1. The fourth-order valence-corrected chi connectivity index (χ4v) is 4.37. The number of halogens is 1. The van der Waals surface area contributed by atoms with Crippen LogP contribution in [0.2, 0.25) is 5.02 Å². The van der Waals surface area contributed by atoms with Gasteiger partial charge in [-0.15, -0.1) is 0 Å². The van der Waals surface area contributed by atoms with Crippen LogP contribution in [0.3, 0.4) is 0 Å². The third kappa shape index (κ3) is 5.60. The van der Waals surface area contributed by atoms with E-state index in [2.05, 4.69) is 15.4 Å². The molecule has 0 saturated heterocycles. The van der Waals surface area contributed by atoms with Crippen LogP contribution in [-0.2, 0) is 17.9 Å². The number of benzene rings is 2. The van der Waals surface area contributed by atoms with Crippen molar-refractivity contribution in [3.63, 3.8) is 0 Å². The molecule has 2 aromatic heterocycles. The smallest absolute Gasteiger partial charge is 0.282 e. The largest absolute Gasteiger partial charge is 0.493 e. The lowest BCUT2D eigenvalue weighted by atomic mass is 10.2. The number of hydrogen-bond donors (Lipinski definition) is 1. The summed E-state index contributed by atoms with van der Waals surface area (Å²) in [6, 6.07) is 12.4. The van der Waals surface area contributed by atoms with Crippen molar-refractivity contribution in [3.8, 4) is 11.5 Å². The first-order valence-corrected chi connectivity index (χ1v) is 12.1. The number of aryl methyl sites for hydroxylation is 1. The molecule has 2 heterocycles. The van der Waals surface area contributed by atoms with Crippen molar-refractivity contribution in [3.05, 3.63) is 69.6 Å². The fraction of sp³-hybridized carbons (Fsp3) is 0.250. The highest BCUT2D eigenvalue weighted by Crippen LogP contribution is 2.30. The topological polar surface area (TPSA) is 100 Å². The van der Waals surface area contributed by atoms with Gasteiger partial charge in [0.25, 0.3) is 5.56 Å². The number of aromatic nitrogens is 4. The highest BCUT2D eigenvalue weighted by molar-refractivity contribution is 7.99. The van der Waals surface area contributed by atoms with Crippen molar-refractivity contribution in [1.29, 1.82) is 0 Å². The van der Waals surface area contributed by atoms with E-state index in [1.807, 2.05) is 19.1 Å². The van der Waals surface area contributed by atoms with Gasteiger partial charge < -0.3 is 14.8 Å². The van der Waals surface area contributed by atoms with Gasteiger partial charge in [0, 0.05) is 23.3 Å². The lowest BCUT2D eigenvalue weighted by molar-refractivity contribution is -0.113. The Kier molecular flexibility index (Phi) is 7.62. The number of nitrogens with zero attached hydrogens (tertiary/aromatic N) is 4. The molecule has 0 aliphatic rings. The van der Waals surface area contributed by atoms with Gasteiger partial charge in [0.1, 0.15) is 5.52 Å². The van der Waals surface area contributed by atoms with Crippen molar-refractivity contribution in [2.75, 3.05) is 25.3 Å². The molecule has 11 heteroatoms. The van der Waals surface area contributed by atoms with Crippen LogP contribution < -0.4 is 20.3 Å². The summed E-state index contributed by atoms with van der Waals surface area (Å²) in [6.07, 6.45) is 1.73. The molecule has 35 heavy (non-hydrogen) atoms. The molecule has 0 atom stereocenters. The van der Waals surface area contributed by atoms with Crippen LogP contribution in [0.5, 0.6) is 11.5 Å². The molecule has 0 radical (unpaired) electrons. The number of fused-ring (bicyclic) bond motifs is 1. The van der Waals surface area contributed by atoms with Crippen LogP contribution in [0.15, 0.2) is 58.6 Å². The number of methoxy groups -OCH3 is 2. The monoisotopic (exact) mass is 513 g/mol. The second kappa shape index (κ2) is 10.8. The van der Waals surface area contributed by atoms with Gasteiger partial charge in [0.05, 0.1) is 32.7 Å². The Morgan fingerprint density at radius 1 is 1.11 bits per heavy atom. The average Bonchev–Trinajstić information content (AvgIpc) is 3.29. The van der Waals surface area contributed by atoms with Crippen LogP contribution in [0.1, 0.15) is 12.5 Å². The molecule has 9 nitrogen and oxygen atoms in total. The van der Waals surface area contributed by atoms with Gasteiger partial charge in [-0.25, -0.2) is 4.98 Å². The molecule has 1 amide bonds. The summed E-state index contributed by atoms with van der Waals surface area (Å²) >= 11 is 7.19. The van der Waals surface area contributed by atoms with E-state index in [0.717, 1.165) is 5.56 Å². The molecule has 0 unspecified atom stereocenters. The molecule has 1 N–H and O–H groups in total. The lowest BCUT2D eigenvalue weighted by Crippen LogP contribution is -2.25. The zero-order chi connectivity index (χ0) is 24.9. The molecule has 4 rings (SSSR count). The van der Waals surface area contributed by atoms with Gasteiger partial charge in [-0.1, -0.05) is 35.5 Å². The second-order valence-corrected chi connectivity index (χ2v) is 8.92. The highest BCUT2D eigenvalue weighted by Gasteiger charge is 2.17. The first-order valence-electron chi connectivity index (χ1n) is 10.8. The predicted octanol–water partition coefficient (Wildman–Crippen LogP) is 4.06. The molecular weight excluding hydrogens is 490 g/mol. The average molecular weight is 514 g/mol. The number of anilines is 1. The molecule has 182 valence electrons. The fourth-order valence-electron chi connectivity index (χ4n) is 3.45. The molecule has 0 aliphatic heterocycles. The Hall–Kier alpha value is -3.50. The molecule has 0 fully saturated rings. The van der Waals surface area contributed by atoms with E-state index < -0.39 is 0 Å². The van der Waals surface area contributed by atoms with E-state index in [4.69, 9.17) is 21.1 Å². The summed E-state index contributed by atoms with van der Waals surface area (Å²) in [5.41, 5.74) is 1.97. The summed E-state index contributed by atoms with van der Waals surface area (Å²) < 4.78 is 13.7. The number of carbonyl (C=O) groups excluding carboxylic acids is 1. The van der Waals surface area contributed by atoms with E-state index in [0.29, 0.717) is 44.9 Å². The van der Waals surface area contributed by atoms with Crippen molar-refractivity contribution in [1.82, 2.24) is 19.3 Å². The SMILES string of the molecule is CCn1cc2nc(SCC(=O)Nc3ccc(OC)c(OC)c3)n(Cc3ccc(Cl)cc3)c(=O)c2n1. The van der Waals surface area contributed by atoms with Crippen molar-refractivity contribution in [2.24, 2.45) is 0 Å². The number of rotatable bonds is 9. The number of thioether (sulfide) groups is 1. The molecule has 0 aliphatic carbocycles. The molecular formula is C24H24ClN5O4S. The molecule has 4 aromatic rings. The summed E-state index contributed by atoms with van der Waals surface area (Å²) in [5, 5.41) is 8.23. The minimum absolute atomic E-state index is 0.0504. The third-order valence-electron chi connectivity index (χ3n) is 5.21. The quantitative estimate of drug-likeness (QED) is 0.266. The van der Waals surface area contributed by atoms with Gasteiger partial charge in [0.15, 0.2) is 22.2 Å². The summed E-state index contributed by atoms with van der Waals surface area (Å²) in [4.78, 5) is 30.6. The standard InChI is InChI=1S/C24H24ClN5O4S/c1-4-29-13-18-22(28-29)23(32)30(12-15-5-7-16(25)8-6-15)24(27-18)35-14-21(31)26-17-9-10-19(33-2)20(11-17)34-3/h5-11,13H,4,12,14H2,1-3H3,(H,26,31). The van der Waals surface area contributed by atoms with E-state index in [1.165, 1.54) is 23.4 Å². The maximum absolute atomic E-state index is 13.3. The van der Waals surface area contributed by atoms with Crippen molar-refractivity contribution >= 4 is 46.0 Å². The van der Waals surface area contributed by atoms with Gasteiger partial charge in [-0.3, -0.25) is 18.8 Å². The van der Waals surface area contributed by atoms with E-state index in [9.17, 15) is 9.59 Å². The Bertz CT molecular complexity index is 1420. The Morgan fingerprint density at radius 3 is 2.54 bits per heavy atom. The Balaban J connectivity index is 1.59. The summed E-state index contributed by atoms with van der Waals surface area (Å²) in [7, 11) is 3.08. The number of amides is 1. The Labute approximate surface area is 211 Å². The normalized spacial score (nSPS) is 11.0. The van der Waals surface area contributed by atoms with Gasteiger partial charge >= 0.3 is 0 Å². The van der Waals surface area contributed by atoms with Crippen molar-refractivity contribution in [2.45, 2.75) is 25.2 Å². The molecule has 0 spiro atoms. The number of ether oxygens (including phenoxy) is 2. The zero-order valence-corrected chi connectivity index (χ0v) is 21.0. The van der Waals surface area contributed by atoms with Crippen molar-refractivity contribution < 1.29 is 14.3 Å². The van der Waals surface area contributed by atoms with Crippen LogP contribution in [0.4, 0.5) is 5.69 Å². The van der Waals surface area contributed by atoms with Gasteiger partial charge in [0.2, 0.25) is 5.91 Å². The first kappa shape index (κ1) is 24.6. The molecule has 2 aromatic carbocycles. The van der Waals surface area contributed by atoms with Gasteiger partial charge in [-0.05, 0) is 36.8 Å². The summed E-state index contributed by atoms with van der Waals surface area (Å²) in [5.74, 6) is 0.874. The van der Waals surface area contributed by atoms with Crippen LogP contribution in [0, 0.1) is 0 Å². The lowest BCUT2D eigenvalue weighted by Gasteiger charge is -2.13. The maximum Gasteiger partial charge on any atom is 0.282 e. The second-order valence-electron chi connectivity index (χ2n) is 7.54. The van der Waals surface area contributed by atoms with Crippen LogP contribution in [0.25, 0.3) is 11.0 Å². The first-order chi connectivity index (χ1) is 16.9. The zero-order valence-electron chi connectivity index (χ0n) is 19.4. The number of carbonyl (C=O) groups is 1. The van der Waals surface area contributed by atoms with Crippen LogP contribution >= 0.6 is 23.4 Å². The minimum atomic E-state index is -0.264. The Morgan fingerprint density at radius 2 is 1.86 bits per heavy atom. The maximum atomic E-state index is 13.3. The van der Waals surface area contributed by atoms with E-state index in [-0.39, 0.29) is 23.8 Å². The molecule has 0 saturated carbocycles. The van der Waals surface area contributed by atoms with Crippen LogP contribution in [-0.4, -0.2) is 45.2 Å². The number of hydrogen-bond acceptors (Lipinski definition) is 7. The van der Waals surface area contributed by atoms with E-state index in [1.54, 1.807) is 48.3 Å².